The van der Waals surface area contributed by atoms with Crippen molar-refractivity contribution in [2.45, 2.75) is 34.2 Å². The topological polar surface area (TPSA) is 32.3 Å². The summed E-state index contributed by atoms with van der Waals surface area (Å²) in [5.74, 6) is 0.403. The lowest BCUT2D eigenvalue weighted by atomic mass is 9.97. The van der Waals surface area contributed by atoms with Gasteiger partial charge in [-0.2, -0.15) is 0 Å². The van der Waals surface area contributed by atoms with Gasteiger partial charge in [-0.15, -0.1) is 0 Å². The zero-order valence-electron chi connectivity index (χ0n) is 9.44. The third-order valence-electron chi connectivity index (χ3n) is 2.78. The van der Waals surface area contributed by atoms with Gasteiger partial charge in [0.2, 0.25) is 0 Å². The van der Waals surface area contributed by atoms with E-state index < -0.39 is 0 Å². The first kappa shape index (κ1) is 11.1. The molecule has 2 heteroatoms. The molecule has 0 aromatic heterocycles. The maximum absolute atomic E-state index is 9.61. The number of aryl methyl sites for hydroxylation is 1. The van der Waals surface area contributed by atoms with Crippen LogP contribution in [0.4, 0.5) is 0 Å². The molecule has 1 aromatic rings. The summed E-state index contributed by atoms with van der Waals surface area (Å²) in [7, 11) is 0. The Labute approximate surface area is 86.0 Å². The second-order valence-corrected chi connectivity index (χ2v) is 3.72. The molecular weight excluding hydrogens is 174 g/mol. The number of phenols is 1. The van der Waals surface area contributed by atoms with Gasteiger partial charge in [0, 0.05) is 6.54 Å². The van der Waals surface area contributed by atoms with E-state index in [9.17, 15) is 5.11 Å². The minimum atomic E-state index is 0.403. The van der Waals surface area contributed by atoms with Crippen LogP contribution in [0.3, 0.4) is 0 Å². The molecule has 0 aliphatic carbocycles. The molecule has 2 nitrogen and oxygen atoms in total. The van der Waals surface area contributed by atoms with Crippen LogP contribution >= 0.6 is 0 Å². The van der Waals surface area contributed by atoms with Gasteiger partial charge in [-0.3, -0.25) is 0 Å². The van der Waals surface area contributed by atoms with Gasteiger partial charge in [-0.05, 0) is 55.6 Å². The van der Waals surface area contributed by atoms with Gasteiger partial charge >= 0.3 is 0 Å². The second-order valence-electron chi connectivity index (χ2n) is 3.72. The molecule has 0 radical (unpaired) electrons. The number of phenolic OH excluding ortho intramolecular Hbond substituents is 1. The van der Waals surface area contributed by atoms with E-state index in [1.54, 1.807) is 0 Å². The molecule has 0 aliphatic rings. The van der Waals surface area contributed by atoms with Crippen LogP contribution in [0.25, 0.3) is 0 Å². The van der Waals surface area contributed by atoms with Crippen molar-refractivity contribution in [3.8, 4) is 5.75 Å². The van der Waals surface area contributed by atoms with Gasteiger partial charge < -0.3 is 10.4 Å². The molecule has 2 N–H and O–H groups in total. The predicted molar refractivity (Wildman–Crippen MR) is 59.7 cm³/mol. The summed E-state index contributed by atoms with van der Waals surface area (Å²) in [6.45, 7) is 10.0. The molecule has 0 saturated heterocycles. The zero-order valence-corrected chi connectivity index (χ0v) is 9.44. The van der Waals surface area contributed by atoms with Crippen LogP contribution in [0.2, 0.25) is 0 Å². The molecule has 14 heavy (non-hydrogen) atoms. The maximum Gasteiger partial charge on any atom is 0.119 e. The van der Waals surface area contributed by atoms with Gasteiger partial charge in [0.05, 0.1) is 0 Å². The lowest BCUT2D eigenvalue weighted by Gasteiger charge is -2.14. The Balaban J connectivity index is 3.09. The van der Waals surface area contributed by atoms with Crippen molar-refractivity contribution in [3.63, 3.8) is 0 Å². The predicted octanol–water partition coefficient (Wildman–Crippen LogP) is 2.43. The van der Waals surface area contributed by atoms with E-state index in [1.807, 2.05) is 19.9 Å². The molecule has 0 heterocycles. The van der Waals surface area contributed by atoms with Crippen LogP contribution in [0.1, 0.15) is 29.2 Å². The monoisotopic (exact) mass is 193 g/mol. The van der Waals surface area contributed by atoms with E-state index >= 15 is 0 Å². The molecule has 0 amide bonds. The number of nitrogens with one attached hydrogen (secondary N) is 1. The Morgan fingerprint density at radius 2 is 1.86 bits per heavy atom. The Hall–Kier alpha value is -1.02. The molecule has 0 aliphatic heterocycles. The van der Waals surface area contributed by atoms with Crippen molar-refractivity contribution >= 4 is 0 Å². The fourth-order valence-corrected chi connectivity index (χ4v) is 1.64. The molecule has 78 valence electrons. The average molecular weight is 193 g/mol. The molecule has 1 aromatic carbocycles. The fraction of sp³-hybridized carbons (Fsp3) is 0.500. The molecule has 1 rings (SSSR count). The van der Waals surface area contributed by atoms with Crippen molar-refractivity contribution in [1.29, 1.82) is 0 Å². The van der Waals surface area contributed by atoms with Crippen molar-refractivity contribution in [2.75, 3.05) is 6.54 Å². The number of rotatable bonds is 3. The first-order chi connectivity index (χ1) is 6.57. The summed E-state index contributed by atoms with van der Waals surface area (Å²) in [5, 5.41) is 12.9. The van der Waals surface area contributed by atoms with E-state index in [4.69, 9.17) is 0 Å². The molecule has 0 unspecified atom stereocenters. The molecular formula is C12H19NO. The van der Waals surface area contributed by atoms with Crippen molar-refractivity contribution in [3.05, 3.63) is 28.3 Å². The van der Waals surface area contributed by atoms with Crippen LogP contribution in [-0.4, -0.2) is 11.7 Å². The lowest BCUT2D eigenvalue weighted by Crippen LogP contribution is -2.14. The first-order valence-electron chi connectivity index (χ1n) is 5.07. The number of hydrogen-bond donors (Lipinski definition) is 2. The fourth-order valence-electron chi connectivity index (χ4n) is 1.64. The van der Waals surface area contributed by atoms with Crippen LogP contribution < -0.4 is 5.32 Å². The minimum absolute atomic E-state index is 0.403. The summed E-state index contributed by atoms with van der Waals surface area (Å²) in [6, 6.07) is 1.84. The minimum Gasteiger partial charge on any atom is -0.508 e. The van der Waals surface area contributed by atoms with Gasteiger partial charge in [-0.25, -0.2) is 0 Å². The number of benzene rings is 1. The van der Waals surface area contributed by atoms with E-state index in [-0.39, 0.29) is 0 Å². The SMILES string of the molecule is CCNCc1c(C)cc(O)c(C)c1C. The first-order valence-corrected chi connectivity index (χ1v) is 5.07. The van der Waals surface area contributed by atoms with Gasteiger partial charge in [-0.1, -0.05) is 6.92 Å². The van der Waals surface area contributed by atoms with Gasteiger partial charge in [0.25, 0.3) is 0 Å². The summed E-state index contributed by atoms with van der Waals surface area (Å²) in [5.41, 5.74) is 4.65. The second kappa shape index (κ2) is 4.47. The summed E-state index contributed by atoms with van der Waals surface area (Å²) < 4.78 is 0. The maximum atomic E-state index is 9.61. The van der Waals surface area contributed by atoms with Gasteiger partial charge in [0.15, 0.2) is 0 Å². The van der Waals surface area contributed by atoms with Crippen LogP contribution in [0.5, 0.6) is 5.75 Å². The molecule has 0 atom stereocenters. The third-order valence-corrected chi connectivity index (χ3v) is 2.78. The van der Waals surface area contributed by atoms with E-state index in [0.29, 0.717) is 5.75 Å². The summed E-state index contributed by atoms with van der Waals surface area (Å²) in [4.78, 5) is 0. The summed E-state index contributed by atoms with van der Waals surface area (Å²) in [6.07, 6.45) is 0. The third kappa shape index (κ3) is 2.07. The molecule has 0 fully saturated rings. The smallest absolute Gasteiger partial charge is 0.119 e. The number of aromatic hydroxyl groups is 1. The molecule has 0 saturated carbocycles. The molecule has 0 spiro atoms. The average Bonchev–Trinajstić information content (AvgIpc) is 2.14. The van der Waals surface area contributed by atoms with Crippen LogP contribution in [0.15, 0.2) is 6.07 Å². The Kier molecular flexibility index (Phi) is 3.53. The number of hydrogen-bond acceptors (Lipinski definition) is 2. The van der Waals surface area contributed by atoms with Crippen LogP contribution in [-0.2, 0) is 6.54 Å². The Morgan fingerprint density at radius 3 is 2.43 bits per heavy atom. The quantitative estimate of drug-likeness (QED) is 0.772. The standard InChI is InChI=1S/C12H19NO/c1-5-13-7-11-8(2)6-12(14)10(4)9(11)3/h6,13-14H,5,7H2,1-4H3. The largest absolute Gasteiger partial charge is 0.508 e. The van der Waals surface area contributed by atoms with E-state index in [2.05, 4.69) is 19.2 Å². The van der Waals surface area contributed by atoms with E-state index in [0.717, 1.165) is 24.2 Å². The summed E-state index contributed by atoms with van der Waals surface area (Å²) >= 11 is 0. The van der Waals surface area contributed by atoms with E-state index in [1.165, 1.54) is 11.1 Å². The van der Waals surface area contributed by atoms with Gasteiger partial charge in [0.1, 0.15) is 5.75 Å². The highest BCUT2D eigenvalue weighted by Crippen LogP contribution is 2.26. The van der Waals surface area contributed by atoms with Crippen molar-refractivity contribution in [1.82, 2.24) is 5.32 Å². The van der Waals surface area contributed by atoms with Crippen molar-refractivity contribution < 1.29 is 5.11 Å². The Morgan fingerprint density at radius 1 is 1.21 bits per heavy atom. The van der Waals surface area contributed by atoms with Crippen LogP contribution in [0, 0.1) is 20.8 Å². The highest BCUT2D eigenvalue weighted by atomic mass is 16.3. The lowest BCUT2D eigenvalue weighted by molar-refractivity contribution is 0.469. The normalized spacial score (nSPS) is 10.6. The Bertz CT molecular complexity index is 332. The molecule has 0 bridgehead atoms. The highest BCUT2D eigenvalue weighted by Gasteiger charge is 2.08. The highest BCUT2D eigenvalue weighted by molar-refractivity contribution is 5.47. The zero-order chi connectivity index (χ0) is 10.7. The van der Waals surface area contributed by atoms with Crippen molar-refractivity contribution in [2.24, 2.45) is 0 Å².